The van der Waals surface area contributed by atoms with Crippen LogP contribution >= 0.6 is 35.1 Å². The highest BCUT2D eigenvalue weighted by molar-refractivity contribution is 8.01. The summed E-state index contributed by atoms with van der Waals surface area (Å²) in [6, 6.07) is 0. The van der Waals surface area contributed by atoms with Crippen molar-refractivity contribution in [3.05, 3.63) is 0 Å². The molecule has 7 heteroatoms. The van der Waals surface area contributed by atoms with Crippen molar-refractivity contribution in [1.82, 2.24) is 14.3 Å². The van der Waals surface area contributed by atoms with Crippen molar-refractivity contribution in [1.29, 1.82) is 0 Å². The lowest BCUT2D eigenvalue weighted by Crippen LogP contribution is -2.30. The van der Waals surface area contributed by atoms with Crippen molar-refractivity contribution < 1.29 is 4.79 Å². The van der Waals surface area contributed by atoms with Crippen molar-refractivity contribution in [3.8, 4) is 0 Å². The molecule has 0 aromatic carbocycles. The maximum atomic E-state index is 11.7. The van der Waals surface area contributed by atoms with Crippen molar-refractivity contribution in [2.45, 2.75) is 29.8 Å². The molecule has 1 aromatic rings. The van der Waals surface area contributed by atoms with Crippen LogP contribution in [0.4, 0.5) is 0 Å². The molecular formula is C10H17N3OS3. The van der Waals surface area contributed by atoms with E-state index in [9.17, 15) is 4.79 Å². The van der Waals surface area contributed by atoms with E-state index in [2.05, 4.69) is 9.36 Å². The van der Waals surface area contributed by atoms with Crippen molar-refractivity contribution >= 4 is 41.0 Å². The Labute approximate surface area is 115 Å². The normalized spacial score (nSPS) is 10.5. The maximum absolute atomic E-state index is 11.7. The molecule has 1 rings (SSSR count). The molecule has 4 nitrogen and oxygen atoms in total. The largest absolute Gasteiger partial charge is 0.343 e. The van der Waals surface area contributed by atoms with Gasteiger partial charge in [-0.25, -0.2) is 4.98 Å². The molecule has 0 saturated heterocycles. The van der Waals surface area contributed by atoms with Crippen LogP contribution in [0.25, 0.3) is 0 Å². The first kappa shape index (κ1) is 14.8. The molecule has 1 heterocycles. The topological polar surface area (TPSA) is 46.1 Å². The summed E-state index contributed by atoms with van der Waals surface area (Å²) in [5.41, 5.74) is 0. The van der Waals surface area contributed by atoms with Gasteiger partial charge in [0, 0.05) is 25.3 Å². The molecule has 0 saturated carbocycles. The first-order valence-corrected chi connectivity index (χ1v) is 8.47. The Bertz CT molecular complexity index is 352. The van der Waals surface area contributed by atoms with E-state index < -0.39 is 0 Å². The van der Waals surface area contributed by atoms with Gasteiger partial charge in [0.05, 0.1) is 0 Å². The second-order valence-corrected chi connectivity index (χ2v) is 6.08. The second-order valence-electron chi connectivity index (χ2n) is 3.21. The van der Waals surface area contributed by atoms with Gasteiger partial charge in [-0.2, -0.15) is 4.37 Å². The maximum Gasteiger partial charge on any atom is 0.223 e. The molecule has 0 fully saturated rings. The summed E-state index contributed by atoms with van der Waals surface area (Å²) < 4.78 is 5.12. The number of carbonyl (C=O) groups is 1. The van der Waals surface area contributed by atoms with Crippen LogP contribution < -0.4 is 0 Å². The molecule has 0 bridgehead atoms. The fourth-order valence-electron chi connectivity index (χ4n) is 1.30. The van der Waals surface area contributed by atoms with Crippen LogP contribution in [-0.4, -0.2) is 45.3 Å². The third-order valence-electron chi connectivity index (χ3n) is 2.23. The summed E-state index contributed by atoms with van der Waals surface area (Å²) in [7, 11) is 0. The lowest BCUT2D eigenvalue weighted by molar-refractivity contribution is -0.130. The Kier molecular flexibility index (Phi) is 6.91. The predicted octanol–water partition coefficient (Wildman–Crippen LogP) is 2.61. The van der Waals surface area contributed by atoms with E-state index in [0.29, 0.717) is 6.42 Å². The van der Waals surface area contributed by atoms with E-state index in [1.807, 2.05) is 25.0 Å². The molecule has 1 aromatic heterocycles. The number of amides is 1. The van der Waals surface area contributed by atoms with Crippen LogP contribution in [0.3, 0.4) is 0 Å². The Morgan fingerprint density at radius 2 is 2.12 bits per heavy atom. The van der Waals surface area contributed by atoms with Crippen molar-refractivity contribution in [2.24, 2.45) is 0 Å². The first-order valence-electron chi connectivity index (χ1n) is 5.49. The summed E-state index contributed by atoms with van der Waals surface area (Å²) in [4.78, 5) is 17.9. The third-order valence-corrected chi connectivity index (χ3v) is 4.73. The van der Waals surface area contributed by atoms with Crippen LogP contribution in [0, 0.1) is 0 Å². The Hall–Kier alpha value is -0.270. The molecule has 0 radical (unpaired) electrons. The molecule has 1 amide bonds. The minimum absolute atomic E-state index is 0.220. The highest BCUT2D eigenvalue weighted by Gasteiger charge is 2.10. The van der Waals surface area contributed by atoms with Crippen LogP contribution in [0.5, 0.6) is 0 Å². The van der Waals surface area contributed by atoms with Gasteiger partial charge in [-0.05, 0) is 31.6 Å². The molecule has 0 N–H and O–H groups in total. The number of thioether (sulfide) groups is 2. The SMILES string of the molecule is CCN(CC)C(=O)CCSc1nc(SC)ns1. The van der Waals surface area contributed by atoms with Gasteiger partial charge in [-0.1, -0.05) is 23.5 Å². The van der Waals surface area contributed by atoms with Gasteiger partial charge < -0.3 is 4.90 Å². The van der Waals surface area contributed by atoms with E-state index in [1.54, 1.807) is 23.5 Å². The molecule has 0 spiro atoms. The molecule has 0 aliphatic heterocycles. The minimum Gasteiger partial charge on any atom is -0.343 e. The number of hydrogen-bond donors (Lipinski definition) is 0. The lowest BCUT2D eigenvalue weighted by Gasteiger charge is -2.17. The predicted molar refractivity (Wildman–Crippen MR) is 75.0 cm³/mol. The highest BCUT2D eigenvalue weighted by atomic mass is 32.2. The number of rotatable bonds is 7. The van der Waals surface area contributed by atoms with Crippen molar-refractivity contribution in [2.75, 3.05) is 25.1 Å². The zero-order valence-electron chi connectivity index (χ0n) is 10.3. The molecule has 0 atom stereocenters. The second kappa shape index (κ2) is 7.94. The Morgan fingerprint density at radius 1 is 1.41 bits per heavy atom. The van der Waals surface area contributed by atoms with E-state index in [0.717, 1.165) is 28.3 Å². The van der Waals surface area contributed by atoms with Crippen LogP contribution in [-0.2, 0) is 4.79 Å². The number of nitrogens with zero attached hydrogens (tertiary/aromatic N) is 3. The summed E-state index contributed by atoms with van der Waals surface area (Å²) >= 11 is 4.55. The van der Waals surface area contributed by atoms with E-state index >= 15 is 0 Å². The van der Waals surface area contributed by atoms with Crippen LogP contribution in [0.15, 0.2) is 9.50 Å². The number of carbonyl (C=O) groups excluding carboxylic acids is 1. The fourth-order valence-corrected chi connectivity index (χ4v) is 3.51. The average Bonchev–Trinajstić information content (AvgIpc) is 2.78. The molecular weight excluding hydrogens is 274 g/mol. The quantitative estimate of drug-likeness (QED) is 0.723. The van der Waals surface area contributed by atoms with Gasteiger partial charge in [-0.15, -0.1) is 0 Å². The number of hydrogen-bond acceptors (Lipinski definition) is 6. The summed E-state index contributed by atoms with van der Waals surface area (Å²) in [5, 5.41) is 0.813. The van der Waals surface area contributed by atoms with E-state index in [-0.39, 0.29) is 5.91 Å². The molecule has 0 aliphatic rings. The highest BCUT2D eigenvalue weighted by Crippen LogP contribution is 2.24. The zero-order valence-corrected chi connectivity index (χ0v) is 12.8. The smallest absolute Gasteiger partial charge is 0.223 e. The van der Waals surface area contributed by atoms with Crippen LogP contribution in [0.1, 0.15) is 20.3 Å². The monoisotopic (exact) mass is 291 g/mol. The molecule has 0 aliphatic carbocycles. The molecule has 0 unspecified atom stereocenters. The summed E-state index contributed by atoms with van der Waals surface area (Å²) in [6.07, 6.45) is 2.53. The summed E-state index contributed by atoms with van der Waals surface area (Å²) in [5.74, 6) is 0.996. The molecule has 17 heavy (non-hydrogen) atoms. The van der Waals surface area contributed by atoms with Gasteiger partial charge in [0.2, 0.25) is 11.1 Å². The lowest BCUT2D eigenvalue weighted by atomic mass is 10.4. The van der Waals surface area contributed by atoms with Gasteiger partial charge in [0.15, 0.2) is 4.34 Å². The average molecular weight is 291 g/mol. The minimum atomic E-state index is 0.220. The zero-order chi connectivity index (χ0) is 12.7. The summed E-state index contributed by atoms with van der Waals surface area (Å²) in [6.45, 7) is 5.58. The fraction of sp³-hybridized carbons (Fsp3) is 0.700. The Morgan fingerprint density at radius 3 is 2.65 bits per heavy atom. The van der Waals surface area contributed by atoms with E-state index in [1.165, 1.54) is 11.5 Å². The number of aromatic nitrogens is 2. The van der Waals surface area contributed by atoms with Crippen LogP contribution in [0.2, 0.25) is 0 Å². The standard InChI is InChI=1S/C10H17N3OS3/c1-4-13(5-2)8(14)6-7-16-10-11-9(15-3)12-17-10/h4-7H2,1-3H3. The molecule has 96 valence electrons. The van der Waals surface area contributed by atoms with Gasteiger partial charge >= 0.3 is 0 Å². The van der Waals surface area contributed by atoms with Crippen molar-refractivity contribution in [3.63, 3.8) is 0 Å². The Balaban J connectivity index is 2.29. The van der Waals surface area contributed by atoms with Gasteiger partial charge in [0.25, 0.3) is 0 Å². The van der Waals surface area contributed by atoms with Gasteiger partial charge in [0.1, 0.15) is 0 Å². The first-order chi connectivity index (χ1) is 8.21. The van der Waals surface area contributed by atoms with Gasteiger partial charge in [-0.3, -0.25) is 4.79 Å². The third kappa shape index (κ3) is 4.85. The van der Waals surface area contributed by atoms with E-state index in [4.69, 9.17) is 0 Å².